The van der Waals surface area contributed by atoms with E-state index in [2.05, 4.69) is 24.3 Å². The van der Waals surface area contributed by atoms with Gasteiger partial charge in [-0.1, -0.05) is 0 Å². The minimum atomic E-state index is -0.286. The highest BCUT2D eigenvalue weighted by atomic mass is 16.5. The summed E-state index contributed by atoms with van der Waals surface area (Å²) in [5.41, 5.74) is 0.944. The van der Waals surface area contributed by atoms with Gasteiger partial charge in [-0.3, -0.25) is 14.3 Å². The van der Waals surface area contributed by atoms with Gasteiger partial charge in [0.05, 0.1) is 18.2 Å². The largest absolute Gasteiger partial charge is 0.371 e. The standard InChI is InChI=1S/C16H24N4O3/c1-11(2)20-13(5-6-18-20)15-12(4-3-9-23-15)16(22)19-8-7-17-14(21)10-19/h5-6,11-12,15H,3-4,7-10H2,1-2H3,(H,17,21)/t12-,15-/m1/s1. The second-order valence-electron chi connectivity index (χ2n) is 6.44. The summed E-state index contributed by atoms with van der Waals surface area (Å²) >= 11 is 0. The molecule has 7 nitrogen and oxygen atoms in total. The van der Waals surface area contributed by atoms with Crippen LogP contribution in [0.2, 0.25) is 0 Å². The second-order valence-corrected chi connectivity index (χ2v) is 6.44. The average molecular weight is 320 g/mol. The van der Waals surface area contributed by atoms with Gasteiger partial charge in [0, 0.05) is 31.9 Å². The molecular weight excluding hydrogens is 296 g/mol. The molecular formula is C16H24N4O3. The summed E-state index contributed by atoms with van der Waals surface area (Å²) in [7, 11) is 0. The summed E-state index contributed by atoms with van der Waals surface area (Å²) in [5, 5.41) is 7.11. The topological polar surface area (TPSA) is 76.5 Å². The van der Waals surface area contributed by atoms with Crippen molar-refractivity contribution in [2.75, 3.05) is 26.2 Å². The van der Waals surface area contributed by atoms with Gasteiger partial charge in [0.25, 0.3) is 0 Å². The van der Waals surface area contributed by atoms with Crippen LogP contribution < -0.4 is 5.32 Å². The molecule has 0 aliphatic carbocycles. The monoisotopic (exact) mass is 320 g/mol. The van der Waals surface area contributed by atoms with Crippen molar-refractivity contribution in [2.45, 2.75) is 38.8 Å². The van der Waals surface area contributed by atoms with Gasteiger partial charge in [-0.2, -0.15) is 5.10 Å². The number of carbonyl (C=O) groups excluding carboxylic acids is 2. The van der Waals surface area contributed by atoms with Crippen LogP contribution in [0.3, 0.4) is 0 Å². The van der Waals surface area contributed by atoms with Crippen molar-refractivity contribution < 1.29 is 14.3 Å². The number of hydrogen-bond acceptors (Lipinski definition) is 4. The van der Waals surface area contributed by atoms with E-state index in [1.807, 2.05) is 10.7 Å². The minimum absolute atomic E-state index is 0.0149. The van der Waals surface area contributed by atoms with Gasteiger partial charge in [0.2, 0.25) is 11.8 Å². The maximum Gasteiger partial charge on any atom is 0.239 e. The van der Waals surface area contributed by atoms with Gasteiger partial charge < -0.3 is 15.0 Å². The first-order chi connectivity index (χ1) is 11.1. The van der Waals surface area contributed by atoms with Gasteiger partial charge in [-0.15, -0.1) is 0 Å². The molecule has 2 amide bonds. The zero-order valence-electron chi connectivity index (χ0n) is 13.7. The molecule has 0 radical (unpaired) electrons. The van der Waals surface area contributed by atoms with E-state index in [1.165, 1.54) is 0 Å². The first-order valence-corrected chi connectivity index (χ1v) is 8.28. The molecule has 1 N–H and O–H groups in total. The number of piperazine rings is 1. The molecule has 7 heteroatoms. The van der Waals surface area contributed by atoms with E-state index in [0.29, 0.717) is 19.7 Å². The third-order valence-corrected chi connectivity index (χ3v) is 4.47. The fraction of sp³-hybridized carbons (Fsp3) is 0.688. The molecule has 0 spiro atoms. The van der Waals surface area contributed by atoms with Crippen molar-refractivity contribution in [1.29, 1.82) is 0 Å². The van der Waals surface area contributed by atoms with Crippen molar-refractivity contribution in [3.8, 4) is 0 Å². The van der Waals surface area contributed by atoms with Crippen molar-refractivity contribution >= 4 is 11.8 Å². The molecule has 0 bridgehead atoms. The van der Waals surface area contributed by atoms with Crippen LogP contribution in [0.15, 0.2) is 12.3 Å². The number of nitrogens with one attached hydrogen (secondary N) is 1. The molecule has 126 valence electrons. The Morgan fingerprint density at radius 3 is 3.04 bits per heavy atom. The summed E-state index contributed by atoms with van der Waals surface area (Å²) in [6.07, 6.45) is 3.11. The van der Waals surface area contributed by atoms with Crippen LogP contribution in [-0.4, -0.2) is 52.7 Å². The molecule has 0 aromatic carbocycles. The van der Waals surface area contributed by atoms with Gasteiger partial charge >= 0.3 is 0 Å². The predicted molar refractivity (Wildman–Crippen MR) is 83.6 cm³/mol. The molecule has 2 saturated heterocycles. The lowest BCUT2D eigenvalue weighted by atomic mass is 9.90. The summed E-state index contributed by atoms with van der Waals surface area (Å²) in [6, 6.07) is 2.14. The Morgan fingerprint density at radius 2 is 2.30 bits per heavy atom. The zero-order valence-corrected chi connectivity index (χ0v) is 13.7. The Kier molecular flexibility index (Phi) is 4.66. The van der Waals surface area contributed by atoms with E-state index in [9.17, 15) is 9.59 Å². The number of nitrogens with zero attached hydrogens (tertiary/aromatic N) is 3. The molecule has 3 heterocycles. The summed E-state index contributed by atoms with van der Waals surface area (Å²) in [4.78, 5) is 26.1. The van der Waals surface area contributed by atoms with Crippen LogP contribution in [0.25, 0.3) is 0 Å². The molecule has 23 heavy (non-hydrogen) atoms. The van der Waals surface area contributed by atoms with Crippen molar-refractivity contribution in [2.24, 2.45) is 5.92 Å². The average Bonchev–Trinajstić information content (AvgIpc) is 3.04. The molecule has 2 fully saturated rings. The quantitative estimate of drug-likeness (QED) is 0.897. The lowest BCUT2D eigenvalue weighted by molar-refractivity contribution is -0.150. The summed E-state index contributed by atoms with van der Waals surface area (Å²) < 4.78 is 7.87. The predicted octanol–water partition coefficient (Wildman–Crippen LogP) is 0.890. The number of ether oxygens (including phenoxy) is 1. The number of carbonyl (C=O) groups is 2. The van der Waals surface area contributed by atoms with Gasteiger partial charge in [0.1, 0.15) is 6.10 Å². The van der Waals surface area contributed by atoms with Gasteiger partial charge in [-0.05, 0) is 32.8 Å². The van der Waals surface area contributed by atoms with Crippen LogP contribution in [0.1, 0.15) is 44.5 Å². The molecule has 2 atom stereocenters. The number of aromatic nitrogens is 2. The molecule has 2 aliphatic rings. The van der Waals surface area contributed by atoms with E-state index >= 15 is 0 Å². The normalized spacial score (nSPS) is 25.5. The SMILES string of the molecule is CC(C)n1nccc1[C@@H]1OCCC[C@H]1C(=O)N1CCNC(=O)C1. The van der Waals surface area contributed by atoms with Crippen LogP contribution in [0.5, 0.6) is 0 Å². The number of amides is 2. The van der Waals surface area contributed by atoms with Crippen molar-refractivity contribution in [1.82, 2.24) is 20.0 Å². The van der Waals surface area contributed by atoms with E-state index in [0.717, 1.165) is 18.5 Å². The molecule has 1 aromatic rings. The molecule has 0 unspecified atom stereocenters. The van der Waals surface area contributed by atoms with Crippen molar-refractivity contribution in [3.63, 3.8) is 0 Å². The van der Waals surface area contributed by atoms with E-state index in [-0.39, 0.29) is 36.4 Å². The lowest BCUT2D eigenvalue weighted by Crippen LogP contribution is -2.52. The fourth-order valence-electron chi connectivity index (χ4n) is 3.37. The minimum Gasteiger partial charge on any atom is -0.371 e. The van der Waals surface area contributed by atoms with Crippen molar-refractivity contribution in [3.05, 3.63) is 18.0 Å². The molecule has 2 aliphatic heterocycles. The highest BCUT2D eigenvalue weighted by Gasteiger charge is 2.38. The first-order valence-electron chi connectivity index (χ1n) is 8.28. The van der Waals surface area contributed by atoms with E-state index in [4.69, 9.17) is 4.74 Å². The van der Waals surface area contributed by atoms with Gasteiger partial charge in [-0.25, -0.2) is 0 Å². The molecule has 1 aromatic heterocycles. The maximum absolute atomic E-state index is 12.9. The van der Waals surface area contributed by atoms with Gasteiger partial charge in [0.15, 0.2) is 0 Å². The van der Waals surface area contributed by atoms with Crippen LogP contribution >= 0.6 is 0 Å². The highest BCUT2D eigenvalue weighted by molar-refractivity contribution is 5.87. The van der Waals surface area contributed by atoms with E-state index < -0.39 is 0 Å². The highest BCUT2D eigenvalue weighted by Crippen LogP contribution is 2.35. The van der Waals surface area contributed by atoms with Crippen LogP contribution in [0, 0.1) is 5.92 Å². The Hall–Kier alpha value is -1.89. The fourth-order valence-corrected chi connectivity index (χ4v) is 3.37. The smallest absolute Gasteiger partial charge is 0.239 e. The molecule has 3 rings (SSSR count). The summed E-state index contributed by atoms with van der Waals surface area (Å²) in [5.74, 6) is -0.324. The third-order valence-electron chi connectivity index (χ3n) is 4.47. The zero-order chi connectivity index (χ0) is 16.4. The molecule has 0 saturated carbocycles. The first kappa shape index (κ1) is 16.0. The van der Waals surface area contributed by atoms with E-state index in [1.54, 1.807) is 11.1 Å². The lowest BCUT2D eigenvalue weighted by Gasteiger charge is -2.36. The Bertz CT molecular complexity index is 584. The number of hydrogen-bond donors (Lipinski definition) is 1. The summed E-state index contributed by atoms with van der Waals surface area (Å²) in [6.45, 7) is 6.00. The van der Waals surface area contributed by atoms with Crippen LogP contribution in [-0.2, 0) is 14.3 Å². The van der Waals surface area contributed by atoms with Crippen LogP contribution in [0.4, 0.5) is 0 Å². The Balaban J connectivity index is 1.82. The Morgan fingerprint density at radius 1 is 1.48 bits per heavy atom. The third kappa shape index (κ3) is 3.24. The second kappa shape index (κ2) is 6.70. The maximum atomic E-state index is 12.9. The number of rotatable bonds is 3. The Labute approximate surface area is 136 Å².